The molecule has 0 aliphatic carbocycles. The molecule has 7 nitrogen and oxygen atoms in total. The number of aromatic hydroxyl groups is 1. The van der Waals surface area contributed by atoms with E-state index >= 15 is 0 Å². The van der Waals surface area contributed by atoms with Crippen LogP contribution in [0.15, 0.2) is 47.6 Å². The number of aromatic nitrogens is 2. The van der Waals surface area contributed by atoms with Crippen LogP contribution in [0.4, 0.5) is 0 Å². The Morgan fingerprint density at radius 2 is 2.11 bits per heavy atom. The van der Waals surface area contributed by atoms with Crippen molar-refractivity contribution in [2.45, 2.75) is 0 Å². The van der Waals surface area contributed by atoms with Gasteiger partial charge in [0.2, 0.25) is 0 Å². The van der Waals surface area contributed by atoms with E-state index in [0.717, 1.165) is 0 Å². The number of carbonyl (C=O) groups is 1. The molecule has 27 heavy (non-hydrogen) atoms. The van der Waals surface area contributed by atoms with E-state index in [-0.39, 0.29) is 11.4 Å². The minimum absolute atomic E-state index is 0.0702. The number of methoxy groups -OCH3 is 1. The van der Waals surface area contributed by atoms with Crippen LogP contribution in [0, 0.1) is 0 Å². The van der Waals surface area contributed by atoms with E-state index in [1.54, 1.807) is 42.5 Å². The topological polar surface area (TPSA) is 99.6 Å². The van der Waals surface area contributed by atoms with E-state index in [4.69, 9.17) is 27.9 Å². The maximum atomic E-state index is 12.2. The molecule has 1 heterocycles. The van der Waals surface area contributed by atoms with E-state index < -0.39 is 5.91 Å². The van der Waals surface area contributed by atoms with Crippen molar-refractivity contribution in [2.24, 2.45) is 5.10 Å². The summed E-state index contributed by atoms with van der Waals surface area (Å²) in [5.74, 6) is -0.264. The molecule has 0 bridgehead atoms. The number of phenols is 1. The van der Waals surface area contributed by atoms with Gasteiger partial charge in [-0.1, -0.05) is 29.3 Å². The third-order valence-corrected chi connectivity index (χ3v) is 4.20. The molecule has 0 aliphatic rings. The van der Waals surface area contributed by atoms with Gasteiger partial charge in [0.25, 0.3) is 5.91 Å². The summed E-state index contributed by atoms with van der Waals surface area (Å²) in [6.07, 6.45) is 1.31. The maximum Gasteiger partial charge on any atom is 0.289 e. The van der Waals surface area contributed by atoms with Crippen LogP contribution in [0.3, 0.4) is 0 Å². The van der Waals surface area contributed by atoms with Crippen molar-refractivity contribution in [3.05, 3.63) is 63.8 Å². The van der Waals surface area contributed by atoms with E-state index in [2.05, 4.69) is 20.7 Å². The van der Waals surface area contributed by atoms with Gasteiger partial charge in [0.05, 0.1) is 24.0 Å². The Balaban J connectivity index is 1.71. The number of hydrogen-bond acceptors (Lipinski definition) is 5. The Morgan fingerprint density at radius 3 is 2.85 bits per heavy atom. The second-order valence-corrected chi connectivity index (χ2v) is 6.23. The normalized spacial score (nSPS) is 10.9. The maximum absolute atomic E-state index is 12.2. The van der Waals surface area contributed by atoms with Crippen LogP contribution in [0.1, 0.15) is 16.1 Å². The van der Waals surface area contributed by atoms with Crippen molar-refractivity contribution >= 4 is 35.3 Å². The number of ether oxygens (including phenoxy) is 1. The summed E-state index contributed by atoms with van der Waals surface area (Å²) in [4.78, 5) is 12.2. The molecular weight excluding hydrogens is 391 g/mol. The van der Waals surface area contributed by atoms with Crippen LogP contribution < -0.4 is 10.2 Å². The van der Waals surface area contributed by atoms with Crippen molar-refractivity contribution in [2.75, 3.05) is 7.11 Å². The van der Waals surface area contributed by atoms with Crippen molar-refractivity contribution in [3.63, 3.8) is 0 Å². The zero-order valence-electron chi connectivity index (χ0n) is 14.0. The number of carbonyl (C=O) groups excluding carboxylic acids is 1. The van der Waals surface area contributed by atoms with Crippen LogP contribution in [-0.4, -0.2) is 34.5 Å². The van der Waals surface area contributed by atoms with Gasteiger partial charge in [0, 0.05) is 16.1 Å². The van der Waals surface area contributed by atoms with Gasteiger partial charge in [-0.05, 0) is 36.4 Å². The average Bonchev–Trinajstić information content (AvgIpc) is 3.13. The molecule has 0 radical (unpaired) electrons. The third kappa shape index (κ3) is 4.21. The number of H-pyrrole nitrogens is 1. The van der Waals surface area contributed by atoms with Gasteiger partial charge in [-0.25, -0.2) is 5.43 Å². The van der Waals surface area contributed by atoms with Gasteiger partial charge in [0.15, 0.2) is 11.5 Å². The summed E-state index contributed by atoms with van der Waals surface area (Å²) >= 11 is 12.0. The number of rotatable bonds is 5. The first-order valence-corrected chi connectivity index (χ1v) is 8.45. The zero-order valence-corrected chi connectivity index (χ0v) is 15.5. The Labute approximate surface area is 164 Å². The van der Waals surface area contributed by atoms with Gasteiger partial charge in [0.1, 0.15) is 5.69 Å². The summed E-state index contributed by atoms with van der Waals surface area (Å²) in [6.45, 7) is 0. The van der Waals surface area contributed by atoms with Crippen LogP contribution in [0.25, 0.3) is 11.3 Å². The fourth-order valence-corrected chi connectivity index (χ4v) is 2.81. The Bertz CT molecular complexity index is 1020. The number of hydrogen-bond donors (Lipinski definition) is 3. The highest BCUT2D eigenvalue weighted by atomic mass is 35.5. The highest BCUT2D eigenvalue weighted by Gasteiger charge is 2.13. The molecule has 2 aromatic carbocycles. The number of para-hydroxylation sites is 1. The molecule has 0 fully saturated rings. The molecule has 138 valence electrons. The molecule has 3 rings (SSSR count). The van der Waals surface area contributed by atoms with Gasteiger partial charge < -0.3 is 9.84 Å². The van der Waals surface area contributed by atoms with E-state index in [1.165, 1.54) is 13.3 Å². The third-order valence-electron chi connectivity index (χ3n) is 3.65. The molecule has 0 unspecified atom stereocenters. The Kier molecular flexibility index (Phi) is 5.63. The minimum atomic E-state index is -0.502. The second kappa shape index (κ2) is 8.11. The van der Waals surface area contributed by atoms with E-state index in [1.807, 2.05) is 0 Å². The summed E-state index contributed by atoms with van der Waals surface area (Å²) in [5.41, 5.74) is 4.08. The summed E-state index contributed by atoms with van der Waals surface area (Å²) < 4.78 is 5.01. The van der Waals surface area contributed by atoms with E-state index in [0.29, 0.717) is 32.6 Å². The van der Waals surface area contributed by atoms with Crippen molar-refractivity contribution in [1.29, 1.82) is 0 Å². The average molecular weight is 405 g/mol. The SMILES string of the molecule is COc1cccc(/C=N\NC(=O)c2cc(-c3ccc(Cl)cc3Cl)n[nH]2)c1O. The lowest BCUT2D eigenvalue weighted by molar-refractivity contribution is 0.0950. The largest absolute Gasteiger partial charge is 0.504 e. The van der Waals surface area contributed by atoms with Gasteiger partial charge in [-0.3, -0.25) is 9.89 Å². The van der Waals surface area contributed by atoms with Crippen LogP contribution in [0.5, 0.6) is 11.5 Å². The van der Waals surface area contributed by atoms with Crippen LogP contribution in [-0.2, 0) is 0 Å². The van der Waals surface area contributed by atoms with Gasteiger partial charge in [-0.2, -0.15) is 10.2 Å². The van der Waals surface area contributed by atoms with E-state index in [9.17, 15) is 9.90 Å². The molecular formula is C18H14Cl2N4O3. The first kappa shape index (κ1) is 18.8. The van der Waals surface area contributed by atoms with Crippen molar-refractivity contribution < 1.29 is 14.6 Å². The predicted octanol–water partition coefficient (Wildman–Crippen LogP) is 3.86. The number of benzene rings is 2. The van der Waals surface area contributed by atoms with Gasteiger partial charge >= 0.3 is 0 Å². The molecule has 0 saturated carbocycles. The number of nitrogens with one attached hydrogen (secondary N) is 2. The lowest BCUT2D eigenvalue weighted by Crippen LogP contribution is -2.18. The number of aromatic amines is 1. The zero-order chi connectivity index (χ0) is 19.4. The Morgan fingerprint density at radius 1 is 1.30 bits per heavy atom. The molecule has 3 aromatic rings. The van der Waals surface area contributed by atoms with Crippen molar-refractivity contribution in [3.8, 4) is 22.8 Å². The quantitative estimate of drug-likeness (QED) is 0.443. The minimum Gasteiger partial charge on any atom is -0.504 e. The molecule has 9 heteroatoms. The smallest absolute Gasteiger partial charge is 0.289 e. The fourth-order valence-electron chi connectivity index (χ4n) is 2.30. The monoisotopic (exact) mass is 404 g/mol. The van der Waals surface area contributed by atoms with Crippen LogP contribution in [0.2, 0.25) is 10.0 Å². The molecule has 0 spiro atoms. The number of halogens is 2. The standard InChI is InChI=1S/C18H14Cl2N4O3/c1-27-16-4-2-3-10(17(16)25)9-21-24-18(26)15-8-14(22-23-15)12-6-5-11(19)7-13(12)20/h2-9,25H,1H3,(H,22,23)(H,24,26)/b21-9-. The second-order valence-electron chi connectivity index (χ2n) is 5.39. The highest BCUT2D eigenvalue weighted by Crippen LogP contribution is 2.29. The Hall–Kier alpha value is -3.03. The number of nitrogens with zero attached hydrogens (tertiary/aromatic N) is 2. The molecule has 0 atom stereocenters. The molecule has 0 aliphatic heterocycles. The first-order chi connectivity index (χ1) is 13.0. The number of phenolic OH excluding ortho intramolecular Hbond substituents is 1. The fraction of sp³-hybridized carbons (Fsp3) is 0.0556. The first-order valence-electron chi connectivity index (χ1n) is 7.70. The summed E-state index contributed by atoms with van der Waals surface area (Å²) in [6, 6.07) is 11.5. The molecule has 1 amide bonds. The summed E-state index contributed by atoms with van der Waals surface area (Å²) in [5, 5.41) is 21.4. The number of hydrazone groups is 1. The molecule has 0 saturated heterocycles. The highest BCUT2D eigenvalue weighted by molar-refractivity contribution is 6.36. The predicted molar refractivity (Wildman–Crippen MR) is 104 cm³/mol. The molecule has 1 aromatic heterocycles. The van der Waals surface area contributed by atoms with Gasteiger partial charge in [-0.15, -0.1) is 0 Å². The van der Waals surface area contributed by atoms with Crippen LogP contribution >= 0.6 is 23.2 Å². The van der Waals surface area contributed by atoms with Crippen molar-refractivity contribution in [1.82, 2.24) is 15.6 Å². The molecule has 3 N–H and O–H groups in total. The lowest BCUT2D eigenvalue weighted by atomic mass is 10.1. The lowest BCUT2D eigenvalue weighted by Gasteiger charge is -2.04. The summed E-state index contributed by atoms with van der Waals surface area (Å²) in [7, 11) is 1.44. The number of amides is 1.